The second kappa shape index (κ2) is 9.49. The van der Waals surface area contributed by atoms with E-state index in [1.165, 1.54) is 6.33 Å². The minimum atomic E-state index is -0.0781. The molecule has 3 N–H and O–H groups in total. The van der Waals surface area contributed by atoms with E-state index in [1.54, 1.807) is 16.6 Å². The van der Waals surface area contributed by atoms with E-state index in [4.69, 9.17) is 10.5 Å². The number of rotatable bonds is 8. The van der Waals surface area contributed by atoms with E-state index in [9.17, 15) is 9.90 Å². The fraction of sp³-hybridized carbons (Fsp3) is 0.208. The number of fused-ring (bicyclic) bond motifs is 1. The molecule has 2 aromatic heterocycles. The van der Waals surface area contributed by atoms with Gasteiger partial charge in [-0.3, -0.25) is 4.79 Å². The molecule has 0 aliphatic heterocycles. The molecule has 4 aromatic rings. The molecular formula is C24H25N5O3. The van der Waals surface area contributed by atoms with Crippen molar-refractivity contribution < 1.29 is 14.6 Å². The normalized spacial score (nSPS) is 10.9. The molecule has 32 heavy (non-hydrogen) atoms. The zero-order valence-electron chi connectivity index (χ0n) is 17.8. The van der Waals surface area contributed by atoms with Gasteiger partial charge in [-0.15, -0.1) is 0 Å². The minimum absolute atomic E-state index is 0.0143. The van der Waals surface area contributed by atoms with E-state index in [0.29, 0.717) is 42.0 Å². The molecular weight excluding hydrogens is 406 g/mol. The predicted molar refractivity (Wildman–Crippen MR) is 124 cm³/mol. The Hall–Kier alpha value is -3.91. The number of hydrogen-bond acceptors (Lipinski definition) is 6. The Balaban J connectivity index is 1.75. The Labute approximate surface area is 185 Å². The van der Waals surface area contributed by atoms with Gasteiger partial charge in [0.25, 0.3) is 0 Å². The molecule has 8 heteroatoms. The van der Waals surface area contributed by atoms with Crippen LogP contribution in [-0.4, -0.2) is 38.8 Å². The van der Waals surface area contributed by atoms with Gasteiger partial charge in [-0.05, 0) is 36.2 Å². The summed E-state index contributed by atoms with van der Waals surface area (Å²) in [6, 6.07) is 17.2. The first kappa shape index (κ1) is 21.3. The first-order chi connectivity index (χ1) is 15.6. The lowest BCUT2D eigenvalue weighted by molar-refractivity contribution is -0.119. The number of para-hydroxylation sites is 1. The van der Waals surface area contributed by atoms with Crippen molar-refractivity contribution in [3.8, 4) is 22.6 Å². The summed E-state index contributed by atoms with van der Waals surface area (Å²) in [6.45, 7) is 2.15. The Morgan fingerprint density at radius 3 is 2.50 bits per heavy atom. The van der Waals surface area contributed by atoms with Crippen molar-refractivity contribution in [1.29, 1.82) is 0 Å². The summed E-state index contributed by atoms with van der Waals surface area (Å²) in [7, 11) is 0. The molecule has 0 bridgehead atoms. The molecule has 8 nitrogen and oxygen atoms in total. The predicted octanol–water partition coefficient (Wildman–Crippen LogP) is 3.73. The molecule has 2 aromatic carbocycles. The number of nitrogen functional groups attached to an aromatic ring is 1. The van der Waals surface area contributed by atoms with Crippen LogP contribution in [0, 0.1) is 0 Å². The topological polar surface area (TPSA) is 106 Å². The number of aromatic nitrogens is 3. The highest BCUT2D eigenvalue weighted by Gasteiger charge is 2.21. The number of amides is 1. The maximum atomic E-state index is 12.6. The lowest BCUT2D eigenvalue weighted by Gasteiger charge is -2.23. The first-order valence-electron chi connectivity index (χ1n) is 10.5. The van der Waals surface area contributed by atoms with Gasteiger partial charge in [0.05, 0.1) is 5.39 Å². The second-order valence-electron chi connectivity index (χ2n) is 7.23. The van der Waals surface area contributed by atoms with Gasteiger partial charge >= 0.3 is 0 Å². The molecule has 0 unspecified atom stereocenters. The molecule has 0 aliphatic carbocycles. The number of nitrogens with two attached hydrogens (primary N) is 1. The van der Waals surface area contributed by atoms with Gasteiger partial charge in [-0.2, -0.15) is 0 Å². The first-order valence-corrected chi connectivity index (χ1v) is 10.5. The smallest absolute Gasteiger partial charge is 0.241 e. The molecule has 4 rings (SSSR count). The number of carbonyl (C=O) groups is 1. The molecule has 2 heterocycles. The number of ether oxygens (including phenoxy) is 1. The molecule has 0 spiro atoms. The van der Waals surface area contributed by atoms with Crippen molar-refractivity contribution in [2.45, 2.75) is 19.8 Å². The number of aliphatic hydroxyl groups excluding tert-OH is 1. The average Bonchev–Trinajstić information content (AvgIpc) is 3.21. The SMILES string of the molecule is CCC(=O)N(CCCO)n1cc(-c2ccc(Oc3ccccc3)cc2)c2c(N)ncnc21. The summed E-state index contributed by atoms with van der Waals surface area (Å²) < 4.78 is 7.59. The van der Waals surface area contributed by atoms with Crippen LogP contribution in [0.15, 0.2) is 67.1 Å². The summed E-state index contributed by atoms with van der Waals surface area (Å²) >= 11 is 0. The summed E-state index contributed by atoms with van der Waals surface area (Å²) in [5.41, 5.74) is 8.45. The second-order valence-corrected chi connectivity index (χ2v) is 7.23. The third-order valence-corrected chi connectivity index (χ3v) is 5.12. The Kier molecular flexibility index (Phi) is 6.32. The van der Waals surface area contributed by atoms with Gasteiger partial charge < -0.3 is 15.6 Å². The molecule has 0 saturated carbocycles. The highest BCUT2D eigenvalue weighted by Crippen LogP contribution is 2.34. The molecule has 164 valence electrons. The molecule has 0 saturated heterocycles. The summed E-state index contributed by atoms with van der Waals surface area (Å²) in [5, 5.41) is 11.5. The summed E-state index contributed by atoms with van der Waals surface area (Å²) in [5.74, 6) is 1.72. The lowest BCUT2D eigenvalue weighted by Crippen LogP contribution is -2.40. The average molecular weight is 431 g/mol. The van der Waals surface area contributed by atoms with Gasteiger partial charge in [-0.1, -0.05) is 37.3 Å². The van der Waals surface area contributed by atoms with E-state index in [2.05, 4.69) is 9.97 Å². The van der Waals surface area contributed by atoms with Crippen LogP contribution in [0.3, 0.4) is 0 Å². The lowest BCUT2D eigenvalue weighted by atomic mass is 10.1. The number of nitrogens with zero attached hydrogens (tertiary/aromatic N) is 4. The van der Waals surface area contributed by atoms with E-state index in [-0.39, 0.29) is 12.5 Å². The highest BCUT2D eigenvalue weighted by molar-refractivity contribution is 6.02. The number of carbonyl (C=O) groups excluding carboxylic acids is 1. The summed E-state index contributed by atoms with van der Waals surface area (Å²) in [4.78, 5) is 21.2. The van der Waals surface area contributed by atoms with Gasteiger partial charge in [0.2, 0.25) is 5.91 Å². The molecule has 0 aliphatic rings. The van der Waals surface area contributed by atoms with Crippen LogP contribution in [0.2, 0.25) is 0 Å². The number of hydrogen-bond donors (Lipinski definition) is 2. The maximum Gasteiger partial charge on any atom is 0.241 e. The monoisotopic (exact) mass is 431 g/mol. The van der Waals surface area contributed by atoms with Crippen LogP contribution >= 0.6 is 0 Å². The van der Waals surface area contributed by atoms with Crippen molar-refractivity contribution in [2.24, 2.45) is 0 Å². The van der Waals surface area contributed by atoms with Crippen LogP contribution in [0.5, 0.6) is 11.5 Å². The van der Waals surface area contributed by atoms with E-state index in [0.717, 1.165) is 16.9 Å². The summed E-state index contributed by atoms with van der Waals surface area (Å²) in [6.07, 6.45) is 4.00. The third kappa shape index (κ3) is 4.26. The van der Waals surface area contributed by atoms with Crippen molar-refractivity contribution in [2.75, 3.05) is 23.9 Å². The Morgan fingerprint density at radius 1 is 1.09 bits per heavy atom. The number of benzene rings is 2. The zero-order chi connectivity index (χ0) is 22.5. The maximum absolute atomic E-state index is 12.6. The highest BCUT2D eigenvalue weighted by atomic mass is 16.5. The third-order valence-electron chi connectivity index (χ3n) is 5.12. The Bertz CT molecular complexity index is 1210. The van der Waals surface area contributed by atoms with Crippen molar-refractivity contribution in [3.05, 3.63) is 67.1 Å². The fourth-order valence-corrected chi connectivity index (χ4v) is 3.56. The van der Waals surface area contributed by atoms with Crippen molar-refractivity contribution >= 4 is 22.8 Å². The minimum Gasteiger partial charge on any atom is -0.457 e. The van der Waals surface area contributed by atoms with Crippen LogP contribution in [0.4, 0.5) is 5.82 Å². The van der Waals surface area contributed by atoms with E-state index < -0.39 is 0 Å². The van der Waals surface area contributed by atoms with Gasteiger partial charge in [0.15, 0.2) is 5.65 Å². The largest absolute Gasteiger partial charge is 0.457 e. The van der Waals surface area contributed by atoms with Crippen LogP contribution in [0.25, 0.3) is 22.2 Å². The fourth-order valence-electron chi connectivity index (χ4n) is 3.56. The molecule has 0 atom stereocenters. The zero-order valence-corrected chi connectivity index (χ0v) is 17.8. The van der Waals surface area contributed by atoms with Crippen molar-refractivity contribution in [3.63, 3.8) is 0 Å². The van der Waals surface area contributed by atoms with Crippen LogP contribution in [-0.2, 0) is 4.79 Å². The number of aliphatic hydroxyl groups is 1. The van der Waals surface area contributed by atoms with E-state index in [1.807, 2.05) is 60.8 Å². The van der Waals surface area contributed by atoms with Crippen LogP contribution < -0.4 is 15.5 Å². The molecule has 1 amide bonds. The molecule has 0 fully saturated rings. The quantitative estimate of drug-likeness (QED) is 0.440. The number of anilines is 1. The van der Waals surface area contributed by atoms with E-state index >= 15 is 0 Å². The van der Waals surface area contributed by atoms with Crippen molar-refractivity contribution in [1.82, 2.24) is 14.6 Å². The van der Waals surface area contributed by atoms with Gasteiger partial charge in [0.1, 0.15) is 23.6 Å². The Morgan fingerprint density at radius 2 is 1.81 bits per heavy atom. The standard InChI is InChI=1S/C24H25N5O3/c1-2-21(31)28(13-6-14-30)29-15-20(22-23(25)26-16-27-24(22)29)17-9-11-19(12-10-17)32-18-7-4-3-5-8-18/h3-5,7-12,15-16,30H,2,6,13-14H2,1H3,(H2,25,26,27). The van der Waals surface area contributed by atoms with Crippen LogP contribution in [0.1, 0.15) is 19.8 Å². The molecule has 0 radical (unpaired) electrons. The van der Waals surface area contributed by atoms with Gasteiger partial charge in [0, 0.05) is 31.3 Å². The van der Waals surface area contributed by atoms with Gasteiger partial charge in [-0.25, -0.2) is 19.7 Å².